The summed E-state index contributed by atoms with van der Waals surface area (Å²) >= 11 is 0. The Labute approximate surface area is 165 Å². The van der Waals surface area contributed by atoms with Gasteiger partial charge < -0.3 is 14.5 Å². The third-order valence-electron chi connectivity index (χ3n) is 5.12. The first-order valence-electron chi connectivity index (χ1n) is 9.65. The molecule has 1 aromatic heterocycles. The largest absolute Gasteiger partial charge is 0.450 e. The van der Waals surface area contributed by atoms with Crippen LogP contribution in [0.3, 0.4) is 0 Å². The second kappa shape index (κ2) is 8.04. The van der Waals surface area contributed by atoms with Gasteiger partial charge in [-0.1, -0.05) is 17.7 Å². The maximum absolute atomic E-state index is 12.9. The predicted octanol–water partition coefficient (Wildman–Crippen LogP) is 2.93. The number of benzene rings is 1. The number of aryl methyl sites for hydroxylation is 4. The van der Waals surface area contributed by atoms with E-state index >= 15 is 0 Å². The number of carbonyl (C=O) groups excluding carboxylic acids is 2. The van der Waals surface area contributed by atoms with Crippen molar-refractivity contribution in [2.45, 2.75) is 27.7 Å². The summed E-state index contributed by atoms with van der Waals surface area (Å²) in [6, 6.07) is 6.15. The third-order valence-corrected chi connectivity index (χ3v) is 5.12. The average molecular weight is 384 g/mol. The molecule has 28 heavy (non-hydrogen) atoms. The van der Waals surface area contributed by atoms with Gasteiger partial charge in [-0.3, -0.25) is 9.48 Å². The lowest BCUT2D eigenvalue weighted by molar-refractivity contribution is 0.0565. The van der Waals surface area contributed by atoms with Gasteiger partial charge in [0.2, 0.25) is 0 Å². The number of nitrogens with zero attached hydrogens (tertiary/aromatic N) is 4. The summed E-state index contributed by atoms with van der Waals surface area (Å²) in [5.74, 6) is -0.104. The molecule has 0 N–H and O–H groups in total. The summed E-state index contributed by atoms with van der Waals surface area (Å²) in [6.45, 7) is 10.3. The maximum Gasteiger partial charge on any atom is 0.409 e. The Morgan fingerprint density at radius 3 is 2.14 bits per heavy atom. The molecule has 2 amide bonds. The van der Waals surface area contributed by atoms with Gasteiger partial charge in [0.05, 0.1) is 12.3 Å². The van der Waals surface area contributed by atoms with Crippen molar-refractivity contribution >= 4 is 12.0 Å². The molecule has 1 saturated heterocycles. The Morgan fingerprint density at radius 1 is 1.00 bits per heavy atom. The zero-order valence-electron chi connectivity index (χ0n) is 17.3. The molecule has 0 spiro atoms. The Morgan fingerprint density at radius 2 is 1.57 bits per heavy atom. The van der Waals surface area contributed by atoms with Crippen LogP contribution in [0, 0.1) is 20.8 Å². The van der Waals surface area contributed by atoms with Gasteiger partial charge in [-0.25, -0.2) is 4.79 Å². The molecule has 1 aliphatic heterocycles. The minimum atomic E-state index is -0.319. The first-order chi connectivity index (χ1) is 13.3. The molecule has 2 aromatic rings. The van der Waals surface area contributed by atoms with Crippen molar-refractivity contribution < 1.29 is 14.3 Å². The van der Waals surface area contributed by atoms with E-state index in [1.54, 1.807) is 21.4 Å². The molecule has 0 saturated carbocycles. The molecule has 7 nitrogen and oxygen atoms in total. The first kappa shape index (κ1) is 19.9. The van der Waals surface area contributed by atoms with E-state index in [2.05, 4.69) is 38.0 Å². The van der Waals surface area contributed by atoms with Crippen LogP contribution in [0.5, 0.6) is 0 Å². The van der Waals surface area contributed by atoms with Crippen molar-refractivity contribution in [2.24, 2.45) is 7.05 Å². The fourth-order valence-corrected chi connectivity index (χ4v) is 3.86. The highest BCUT2D eigenvalue weighted by atomic mass is 16.6. The van der Waals surface area contributed by atoms with E-state index in [0.717, 1.165) is 11.3 Å². The lowest BCUT2D eigenvalue weighted by atomic mass is 9.97. The number of carbonyl (C=O) groups is 2. The van der Waals surface area contributed by atoms with Gasteiger partial charge in [-0.15, -0.1) is 0 Å². The average Bonchev–Trinajstić information content (AvgIpc) is 3.02. The highest BCUT2D eigenvalue weighted by molar-refractivity contribution is 5.94. The van der Waals surface area contributed by atoms with Gasteiger partial charge in [0.1, 0.15) is 0 Å². The monoisotopic (exact) mass is 384 g/mol. The van der Waals surface area contributed by atoms with Gasteiger partial charge >= 0.3 is 6.09 Å². The van der Waals surface area contributed by atoms with Crippen molar-refractivity contribution in [1.29, 1.82) is 0 Å². The van der Waals surface area contributed by atoms with Crippen LogP contribution in [-0.2, 0) is 11.8 Å². The first-order valence-corrected chi connectivity index (χ1v) is 9.65. The quantitative estimate of drug-likeness (QED) is 0.816. The van der Waals surface area contributed by atoms with Crippen LogP contribution in [-0.4, -0.2) is 64.4 Å². The molecule has 3 rings (SSSR count). The normalized spacial score (nSPS) is 14.3. The maximum atomic E-state index is 12.9. The summed E-state index contributed by atoms with van der Waals surface area (Å²) in [4.78, 5) is 28.1. The molecular weight excluding hydrogens is 356 g/mol. The lowest BCUT2D eigenvalue weighted by Crippen LogP contribution is -2.50. The minimum absolute atomic E-state index is 0.104. The van der Waals surface area contributed by atoms with E-state index in [-0.39, 0.29) is 12.0 Å². The summed E-state index contributed by atoms with van der Waals surface area (Å²) in [6.07, 6.45) is -0.319. The highest BCUT2D eigenvalue weighted by Crippen LogP contribution is 2.29. The number of amides is 2. The Balaban J connectivity index is 1.77. The Kier molecular flexibility index (Phi) is 5.72. The molecule has 1 aromatic carbocycles. The summed E-state index contributed by atoms with van der Waals surface area (Å²) in [5, 5.41) is 4.47. The molecule has 0 bridgehead atoms. The standard InChI is InChI=1S/C21H28N4O3/c1-6-28-21(27)25-9-7-24(8-10-25)20(26)17-13-18(23(5)22-17)19-15(3)11-14(2)12-16(19)4/h11-13H,6-10H2,1-5H3. The van der Waals surface area contributed by atoms with Crippen LogP contribution in [0.15, 0.2) is 18.2 Å². The topological polar surface area (TPSA) is 67.7 Å². The number of aromatic nitrogens is 2. The summed E-state index contributed by atoms with van der Waals surface area (Å²) in [5.41, 5.74) is 6.04. The van der Waals surface area contributed by atoms with Crippen LogP contribution in [0.4, 0.5) is 4.79 Å². The van der Waals surface area contributed by atoms with Crippen LogP contribution >= 0.6 is 0 Å². The second-order valence-corrected chi connectivity index (χ2v) is 7.29. The molecule has 7 heteroatoms. The Bertz CT molecular complexity index is 872. The van der Waals surface area contributed by atoms with Crippen molar-refractivity contribution in [3.8, 4) is 11.3 Å². The summed E-state index contributed by atoms with van der Waals surface area (Å²) < 4.78 is 6.80. The van der Waals surface area contributed by atoms with Crippen LogP contribution in [0.1, 0.15) is 34.1 Å². The van der Waals surface area contributed by atoms with E-state index < -0.39 is 0 Å². The number of rotatable bonds is 3. The summed E-state index contributed by atoms with van der Waals surface area (Å²) in [7, 11) is 1.86. The smallest absolute Gasteiger partial charge is 0.409 e. The molecule has 150 valence electrons. The zero-order valence-corrected chi connectivity index (χ0v) is 17.3. The molecule has 0 unspecified atom stereocenters. The minimum Gasteiger partial charge on any atom is -0.450 e. The van der Waals surface area contributed by atoms with Crippen LogP contribution < -0.4 is 0 Å². The second-order valence-electron chi connectivity index (χ2n) is 7.29. The third kappa shape index (κ3) is 3.88. The van der Waals surface area contributed by atoms with E-state index in [4.69, 9.17) is 4.74 Å². The van der Waals surface area contributed by atoms with Gasteiger partial charge in [-0.2, -0.15) is 5.10 Å². The molecule has 2 heterocycles. The van der Waals surface area contributed by atoms with Crippen molar-refractivity contribution in [1.82, 2.24) is 19.6 Å². The van der Waals surface area contributed by atoms with Crippen LogP contribution in [0.25, 0.3) is 11.3 Å². The number of hydrogen-bond acceptors (Lipinski definition) is 4. The molecule has 0 atom stereocenters. The van der Waals surface area contributed by atoms with E-state index in [9.17, 15) is 9.59 Å². The fraction of sp³-hybridized carbons (Fsp3) is 0.476. The fourth-order valence-electron chi connectivity index (χ4n) is 3.86. The Hall–Kier alpha value is -2.83. The number of hydrogen-bond donors (Lipinski definition) is 0. The van der Waals surface area contributed by atoms with E-state index in [1.807, 2.05) is 13.1 Å². The van der Waals surface area contributed by atoms with Gasteiger partial charge in [0.15, 0.2) is 5.69 Å². The highest BCUT2D eigenvalue weighted by Gasteiger charge is 2.27. The molecule has 0 aliphatic carbocycles. The zero-order chi connectivity index (χ0) is 20.4. The number of ether oxygens (including phenoxy) is 1. The van der Waals surface area contributed by atoms with Crippen LogP contribution in [0.2, 0.25) is 0 Å². The molecule has 1 aliphatic rings. The van der Waals surface area contributed by atoms with E-state index in [1.165, 1.54) is 16.7 Å². The molecule has 0 radical (unpaired) electrons. The van der Waals surface area contributed by atoms with Crippen molar-refractivity contribution in [3.05, 3.63) is 40.6 Å². The molecule has 1 fully saturated rings. The van der Waals surface area contributed by atoms with Gasteiger partial charge in [-0.05, 0) is 44.9 Å². The van der Waals surface area contributed by atoms with Crippen molar-refractivity contribution in [3.63, 3.8) is 0 Å². The SMILES string of the molecule is CCOC(=O)N1CCN(C(=O)c2cc(-c3c(C)cc(C)cc3C)n(C)n2)CC1. The number of piperazine rings is 1. The lowest BCUT2D eigenvalue weighted by Gasteiger charge is -2.33. The molecular formula is C21H28N4O3. The van der Waals surface area contributed by atoms with E-state index in [0.29, 0.717) is 38.5 Å². The van der Waals surface area contributed by atoms with Gasteiger partial charge in [0.25, 0.3) is 5.91 Å². The van der Waals surface area contributed by atoms with Crippen molar-refractivity contribution in [2.75, 3.05) is 32.8 Å². The predicted molar refractivity (Wildman–Crippen MR) is 107 cm³/mol. The van der Waals surface area contributed by atoms with Gasteiger partial charge in [0, 0.05) is 38.8 Å².